The summed E-state index contributed by atoms with van der Waals surface area (Å²) in [4.78, 5) is 29.0. The molecule has 9 heteroatoms. The molecular formula is C23H24ClN5O3. The standard InChI is InChI=1S/C23H24ClN5O3/c1-32-20-8-6-19(7-9-20)29-11-10-21(26-29)23(31)25-16-22(30)28-14-12-27(13-15-28)18-4-2-17(24)3-5-18/h2-11H,12-16H2,1H3,(H,25,31). The minimum Gasteiger partial charge on any atom is -0.497 e. The number of nitrogens with one attached hydrogen (secondary N) is 1. The quantitative estimate of drug-likeness (QED) is 0.620. The van der Waals surface area contributed by atoms with Crippen LogP contribution in [-0.4, -0.2) is 66.3 Å². The number of carbonyl (C=O) groups is 2. The van der Waals surface area contributed by atoms with Crippen LogP contribution in [0, 0.1) is 0 Å². The van der Waals surface area contributed by atoms with Crippen LogP contribution in [0.1, 0.15) is 10.5 Å². The van der Waals surface area contributed by atoms with Crippen molar-refractivity contribution in [3.63, 3.8) is 0 Å². The van der Waals surface area contributed by atoms with Gasteiger partial charge in [0.05, 0.1) is 19.3 Å². The summed E-state index contributed by atoms with van der Waals surface area (Å²) in [6.45, 7) is 2.60. The second-order valence-corrected chi connectivity index (χ2v) is 7.81. The van der Waals surface area contributed by atoms with Crippen molar-refractivity contribution in [2.24, 2.45) is 0 Å². The van der Waals surface area contributed by atoms with E-state index in [1.165, 1.54) is 0 Å². The first-order valence-electron chi connectivity index (χ1n) is 10.3. The van der Waals surface area contributed by atoms with Crippen molar-refractivity contribution in [1.82, 2.24) is 20.0 Å². The average Bonchev–Trinajstić information content (AvgIpc) is 3.33. The van der Waals surface area contributed by atoms with Gasteiger partial charge in [-0.2, -0.15) is 5.10 Å². The number of methoxy groups -OCH3 is 1. The maximum atomic E-state index is 12.5. The molecule has 0 atom stereocenters. The summed E-state index contributed by atoms with van der Waals surface area (Å²) >= 11 is 5.95. The van der Waals surface area contributed by atoms with Crippen molar-refractivity contribution < 1.29 is 14.3 Å². The van der Waals surface area contributed by atoms with E-state index in [1.54, 1.807) is 29.0 Å². The van der Waals surface area contributed by atoms with E-state index in [-0.39, 0.29) is 24.1 Å². The van der Waals surface area contributed by atoms with Crippen LogP contribution < -0.4 is 15.0 Å². The van der Waals surface area contributed by atoms with Crippen molar-refractivity contribution in [3.8, 4) is 11.4 Å². The SMILES string of the molecule is COc1ccc(-n2ccc(C(=O)NCC(=O)N3CCN(c4ccc(Cl)cc4)CC3)n2)cc1. The van der Waals surface area contributed by atoms with E-state index in [1.807, 2.05) is 48.5 Å². The molecule has 2 heterocycles. The first-order chi connectivity index (χ1) is 15.5. The van der Waals surface area contributed by atoms with E-state index in [0.29, 0.717) is 18.1 Å². The Kier molecular flexibility index (Phi) is 6.61. The van der Waals surface area contributed by atoms with Crippen LogP contribution in [0.3, 0.4) is 0 Å². The van der Waals surface area contributed by atoms with Gasteiger partial charge in [-0.1, -0.05) is 11.6 Å². The lowest BCUT2D eigenvalue weighted by molar-refractivity contribution is -0.130. The Morgan fingerprint density at radius 1 is 0.969 bits per heavy atom. The number of carbonyl (C=O) groups excluding carboxylic acids is 2. The van der Waals surface area contributed by atoms with Gasteiger partial charge in [-0.15, -0.1) is 0 Å². The van der Waals surface area contributed by atoms with Crippen LogP contribution in [-0.2, 0) is 4.79 Å². The lowest BCUT2D eigenvalue weighted by Crippen LogP contribution is -2.51. The van der Waals surface area contributed by atoms with Crippen LogP contribution in [0.15, 0.2) is 60.8 Å². The Morgan fingerprint density at radius 3 is 2.28 bits per heavy atom. The molecule has 1 aromatic heterocycles. The van der Waals surface area contributed by atoms with Gasteiger partial charge in [0, 0.05) is 43.1 Å². The van der Waals surface area contributed by atoms with Crippen molar-refractivity contribution in [3.05, 3.63) is 71.5 Å². The third kappa shape index (κ3) is 5.03. The summed E-state index contributed by atoms with van der Waals surface area (Å²) in [7, 11) is 1.60. The fraction of sp³-hybridized carbons (Fsp3) is 0.261. The molecular weight excluding hydrogens is 430 g/mol. The highest BCUT2D eigenvalue weighted by Gasteiger charge is 2.22. The predicted octanol–water partition coefficient (Wildman–Crippen LogP) is 2.61. The Labute approximate surface area is 191 Å². The minimum absolute atomic E-state index is 0.0603. The molecule has 3 aromatic rings. The summed E-state index contributed by atoms with van der Waals surface area (Å²) in [5.41, 5.74) is 2.14. The zero-order valence-electron chi connectivity index (χ0n) is 17.7. The molecule has 0 unspecified atom stereocenters. The number of hydrogen-bond donors (Lipinski definition) is 1. The monoisotopic (exact) mass is 453 g/mol. The van der Waals surface area contributed by atoms with Gasteiger partial charge in [0.2, 0.25) is 5.91 Å². The zero-order valence-corrected chi connectivity index (χ0v) is 18.5. The first-order valence-corrected chi connectivity index (χ1v) is 10.7. The Hall–Kier alpha value is -3.52. The molecule has 1 N–H and O–H groups in total. The molecule has 0 bridgehead atoms. The molecule has 0 spiro atoms. The number of anilines is 1. The Balaban J connectivity index is 1.26. The molecule has 2 amide bonds. The molecule has 0 radical (unpaired) electrons. The van der Waals surface area contributed by atoms with Crippen molar-refractivity contribution in [2.75, 3.05) is 44.7 Å². The van der Waals surface area contributed by atoms with Crippen molar-refractivity contribution >= 4 is 29.1 Å². The largest absolute Gasteiger partial charge is 0.497 e. The minimum atomic E-state index is -0.384. The van der Waals surface area contributed by atoms with Crippen molar-refractivity contribution in [2.45, 2.75) is 0 Å². The van der Waals surface area contributed by atoms with Gasteiger partial charge >= 0.3 is 0 Å². The predicted molar refractivity (Wildman–Crippen MR) is 123 cm³/mol. The van der Waals surface area contributed by atoms with Crippen LogP contribution in [0.4, 0.5) is 5.69 Å². The van der Waals surface area contributed by atoms with Crippen LogP contribution in [0.2, 0.25) is 5.02 Å². The van der Waals surface area contributed by atoms with E-state index in [9.17, 15) is 9.59 Å². The zero-order chi connectivity index (χ0) is 22.5. The molecule has 32 heavy (non-hydrogen) atoms. The third-order valence-electron chi connectivity index (χ3n) is 5.38. The Bertz CT molecular complexity index is 1070. The van der Waals surface area contributed by atoms with Crippen LogP contribution in [0.5, 0.6) is 5.75 Å². The molecule has 1 aliphatic heterocycles. The lowest BCUT2D eigenvalue weighted by Gasteiger charge is -2.36. The van der Waals surface area contributed by atoms with Gasteiger partial charge in [0.1, 0.15) is 5.75 Å². The summed E-state index contributed by atoms with van der Waals surface area (Å²) in [5, 5.41) is 7.67. The second kappa shape index (κ2) is 9.74. The summed E-state index contributed by atoms with van der Waals surface area (Å²) in [6.07, 6.45) is 1.70. The lowest BCUT2D eigenvalue weighted by atomic mass is 10.2. The maximum Gasteiger partial charge on any atom is 0.272 e. The van der Waals surface area contributed by atoms with E-state index < -0.39 is 0 Å². The van der Waals surface area contributed by atoms with Gasteiger partial charge in [0.15, 0.2) is 5.69 Å². The highest BCUT2D eigenvalue weighted by molar-refractivity contribution is 6.30. The number of ether oxygens (including phenoxy) is 1. The number of nitrogens with zero attached hydrogens (tertiary/aromatic N) is 4. The molecule has 166 valence electrons. The molecule has 0 saturated carbocycles. The van der Waals surface area contributed by atoms with E-state index in [0.717, 1.165) is 30.2 Å². The average molecular weight is 454 g/mol. The number of rotatable bonds is 6. The topological polar surface area (TPSA) is 79.7 Å². The third-order valence-corrected chi connectivity index (χ3v) is 5.63. The molecule has 1 saturated heterocycles. The number of hydrogen-bond acceptors (Lipinski definition) is 5. The van der Waals surface area contributed by atoms with Crippen molar-refractivity contribution in [1.29, 1.82) is 0 Å². The van der Waals surface area contributed by atoms with Crippen LogP contribution in [0.25, 0.3) is 5.69 Å². The number of amides is 2. The summed E-state index contributed by atoms with van der Waals surface area (Å²) < 4.78 is 6.75. The molecule has 1 aliphatic rings. The molecule has 4 rings (SSSR count). The van der Waals surface area contributed by atoms with E-state index in [4.69, 9.17) is 16.3 Å². The van der Waals surface area contributed by atoms with Gasteiger partial charge < -0.3 is 19.9 Å². The van der Waals surface area contributed by atoms with Gasteiger partial charge in [-0.3, -0.25) is 9.59 Å². The van der Waals surface area contributed by atoms with E-state index >= 15 is 0 Å². The summed E-state index contributed by atoms with van der Waals surface area (Å²) in [6, 6.07) is 16.6. The number of aromatic nitrogens is 2. The van der Waals surface area contributed by atoms with Crippen LogP contribution >= 0.6 is 11.6 Å². The molecule has 1 fully saturated rings. The van der Waals surface area contributed by atoms with Gasteiger partial charge in [0.25, 0.3) is 5.91 Å². The van der Waals surface area contributed by atoms with Gasteiger partial charge in [-0.25, -0.2) is 4.68 Å². The Morgan fingerprint density at radius 2 is 1.62 bits per heavy atom. The highest BCUT2D eigenvalue weighted by atomic mass is 35.5. The summed E-state index contributed by atoms with van der Waals surface area (Å²) in [5.74, 6) is 0.250. The first kappa shape index (κ1) is 21.7. The fourth-order valence-corrected chi connectivity index (χ4v) is 3.67. The molecule has 8 nitrogen and oxygen atoms in total. The van der Waals surface area contributed by atoms with E-state index in [2.05, 4.69) is 15.3 Å². The number of benzene rings is 2. The van der Waals surface area contributed by atoms with Gasteiger partial charge in [-0.05, 0) is 54.6 Å². The molecule has 0 aliphatic carbocycles. The number of piperazine rings is 1. The smallest absolute Gasteiger partial charge is 0.272 e. The second-order valence-electron chi connectivity index (χ2n) is 7.37. The number of halogens is 1. The highest BCUT2D eigenvalue weighted by Crippen LogP contribution is 2.19. The maximum absolute atomic E-state index is 12.5. The fourth-order valence-electron chi connectivity index (χ4n) is 3.55. The molecule has 2 aromatic carbocycles. The normalized spacial score (nSPS) is 13.7.